The minimum Gasteiger partial charge on any atom is -0.504 e. The van der Waals surface area contributed by atoms with E-state index < -0.39 is 0 Å². The quantitative estimate of drug-likeness (QED) is 0.418. The zero-order valence-electron chi connectivity index (χ0n) is 17.3. The van der Waals surface area contributed by atoms with Gasteiger partial charge in [-0.1, -0.05) is 36.4 Å². The van der Waals surface area contributed by atoms with Gasteiger partial charge in [-0.3, -0.25) is 4.79 Å². The Morgan fingerprint density at radius 3 is 2.47 bits per heavy atom. The van der Waals surface area contributed by atoms with Gasteiger partial charge in [0.05, 0.1) is 12.7 Å². The van der Waals surface area contributed by atoms with E-state index in [1.165, 1.54) is 7.11 Å². The van der Waals surface area contributed by atoms with Crippen molar-refractivity contribution in [1.82, 2.24) is 0 Å². The van der Waals surface area contributed by atoms with Crippen molar-refractivity contribution in [2.45, 2.75) is 6.61 Å². The summed E-state index contributed by atoms with van der Waals surface area (Å²) < 4.78 is 22.6. The largest absolute Gasteiger partial charge is 0.504 e. The van der Waals surface area contributed by atoms with Gasteiger partial charge in [0.2, 0.25) is 6.79 Å². The summed E-state index contributed by atoms with van der Waals surface area (Å²) >= 11 is 0. The summed E-state index contributed by atoms with van der Waals surface area (Å²) in [5, 5.41) is 12.3. The number of aldehydes is 1. The lowest BCUT2D eigenvalue weighted by atomic mass is 9.95. The molecule has 6 heteroatoms. The van der Waals surface area contributed by atoms with Crippen molar-refractivity contribution in [3.05, 3.63) is 77.9 Å². The molecule has 32 heavy (non-hydrogen) atoms. The summed E-state index contributed by atoms with van der Waals surface area (Å²) in [6.45, 7) is 0.500. The SMILES string of the molecule is COc1ccc(-c2ccc3cc4c(cc3c2OCc2ccccc2)OCO4)c(C=O)c1O. The molecule has 1 N–H and O–H groups in total. The van der Waals surface area contributed by atoms with Crippen LogP contribution in [0.1, 0.15) is 15.9 Å². The molecule has 4 aromatic rings. The Morgan fingerprint density at radius 2 is 1.72 bits per heavy atom. The summed E-state index contributed by atoms with van der Waals surface area (Å²) in [5.74, 6) is 1.91. The van der Waals surface area contributed by atoms with Gasteiger partial charge in [-0.25, -0.2) is 0 Å². The van der Waals surface area contributed by atoms with E-state index in [1.807, 2.05) is 54.6 Å². The second-order valence-corrected chi connectivity index (χ2v) is 7.34. The molecule has 0 saturated heterocycles. The van der Waals surface area contributed by atoms with Crippen molar-refractivity contribution < 1.29 is 28.8 Å². The Balaban J connectivity index is 1.71. The molecular formula is C26H20O6. The fourth-order valence-electron chi connectivity index (χ4n) is 3.89. The highest BCUT2D eigenvalue weighted by molar-refractivity contribution is 6.01. The molecule has 0 spiro atoms. The van der Waals surface area contributed by atoms with Gasteiger partial charge in [0, 0.05) is 10.9 Å². The van der Waals surface area contributed by atoms with Gasteiger partial charge in [-0.15, -0.1) is 0 Å². The van der Waals surface area contributed by atoms with Crippen LogP contribution in [-0.4, -0.2) is 25.3 Å². The van der Waals surface area contributed by atoms with E-state index in [0.717, 1.165) is 16.3 Å². The molecule has 0 saturated carbocycles. The lowest BCUT2D eigenvalue weighted by Gasteiger charge is -2.17. The second kappa shape index (κ2) is 8.15. The minimum absolute atomic E-state index is 0.133. The number of hydrogen-bond donors (Lipinski definition) is 1. The molecule has 0 fully saturated rings. The fraction of sp³-hybridized carbons (Fsp3) is 0.115. The Kier molecular flexibility index (Phi) is 5.03. The average Bonchev–Trinajstić information content (AvgIpc) is 3.29. The molecule has 0 aliphatic carbocycles. The molecule has 160 valence electrons. The van der Waals surface area contributed by atoms with E-state index in [0.29, 0.717) is 41.3 Å². The van der Waals surface area contributed by atoms with E-state index in [4.69, 9.17) is 18.9 Å². The van der Waals surface area contributed by atoms with Gasteiger partial charge in [-0.05, 0) is 46.8 Å². The van der Waals surface area contributed by atoms with Crippen LogP contribution in [0.15, 0.2) is 66.7 Å². The first-order valence-corrected chi connectivity index (χ1v) is 10.1. The number of carbonyl (C=O) groups is 1. The molecule has 0 radical (unpaired) electrons. The number of benzene rings is 4. The summed E-state index contributed by atoms with van der Waals surface area (Å²) in [4.78, 5) is 11.9. The fourth-order valence-corrected chi connectivity index (χ4v) is 3.89. The zero-order valence-corrected chi connectivity index (χ0v) is 17.3. The van der Waals surface area contributed by atoms with Crippen LogP contribution in [0.5, 0.6) is 28.7 Å². The van der Waals surface area contributed by atoms with Gasteiger partial charge < -0.3 is 24.1 Å². The number of phenols is 1. The molecule has 0 amide bonds. The maximum absolute atomic E-state index is 11.9. The van der Waals surface area contributed by atoms with Crippen molar-refractivity contribution in [3.8, 4) is 39.9 Å². The van der Waals surface area contributed by atoms with Crippen molar-refractivity contribution in [3.63, 3.8) is 0 Å². The number of fused-ring (bicyclic) bond motifs is 2. The van der Waals surface area contributed by atoms with Gasteiger partial charge in [-0.2, -0.15) is 0 Å². The highest BCUT2D eigenvalue weighted by atomic mass is 16.7. The molecular weight excluding hydrogens is 408 g/mol. The third-order valence-electron chi connectivity index (χ3n) is 5.50. The number of ether oxygens (including phenoxy) is 4. The Labute approximate surface area is 184 Å². The van der Waals surface area contributed by atoms with E-state index in [2.05, 4.69) is 0 Å². The summed E-state index contributed by atoms with van der Waals surface area (Å²) in [6, 6.07) is 20.8. The maximum atomic E-state index is 11.9. The smallest absolute Gasteiger partial charge is 0.231 e. The summed E-state index contributed by atoms with van der Waals surface area (Å²) in [7, 11) is 1.44. The second-order valence-electron chi connectivity index (χ2n) is 7.34. The van der Waals surface area contributed by atoms with Crippen LogP contribution in [-0.2, 0) is 6.61 Å². The normalized spacial score (nSPS) is 12.0. The summed E-state index contributed by atoms with van der Waals surface area (Å²) in [6.07, 6.45) is 0.623. The zero-order chi connectivity index (χ0) is 22.1. The Hall–Kier alpha value is -4.19. The monoisotopic (exact) mass is 428 g/mol. The number of phenolic OH excluding ortho intramolecular Hbond substituents is 1. The van der Waals surface area contributed by atoms with E-state index >= 15 is 0 Å². The Bertz CT molecular complexity index is 1310. The minimum atomic E-state index is -0.209. The van der Waals surface area contributed by atoms with Crippen molar-refractivity contribution in [1.29, 1.82) is 0 Å². The number of carbonyl (C=O) groups excluding carboxylic acids is 1. The molecule has 0 bridgehead atoms. The van der Waals surface area contributed by atoms with Crippen LogP contribution in [0.4, 0.5) is 0 Å². The maximum Gasteiger partial charge on any atom is 0.231 e. The topological polar surface area (TPSA) is 74.2 Å². The van der Waals surface area contributed by atoms with Crippen molar-refractivity contribution in [2.75, 3.05) is 13.9 Å². The first-order chi connectivity index (χ1) is 15.7. The number of rotatable bonds is 6. The van der Waals surface area contributed by atoms with E-state index in [-0.39, 0.29) is 23.9 Å². The lowest BCUT2D eigenvalue weighted by Crippen LogP contribution is -2.00. The molecule has 0 unspecified atom stereocenters. The molecule has 0 aromatic heterocycles. The molecule has 1 aliphatic heterocycles. The summed E-state index contributed by atoms with van der Waals surface area (Å²) in [5.41, 5.74) is 2.35. The third-order valence-corrected chi connectivity index (χ3v) is 5.50. The molecule has 5 rings (SSSR count). The predicted molar refractivity (Wildman–Crippen MR) is 120 cm³/mol. The molecule has 1 aliphatic rings. The first kappa shape index (κ1) is 19.8. The van der Waals surface area contributed by atoms with Crippen LogP contribution in [0.2, 0.25) is 0 Å². The van der Waals surface area contributed by atoms with Crippen molar-refractivity contribution in [2.24, 2.45) is 0 Å². The predicted octanol–water partition coefficient (Wildman–Crippen LogP) is 5.34. The lowest BCUT2D eigenvalue weighted by molar-refractivity contribution is 0.112. The standard InChI is InChI=1S/C26H20O6/c1-29-22-10-9-18(21(13-27)25(22)28)19-8-7-17-11-23-24(32-15-31-23)12-20(17)26(19)30-14-16-5-3-2-4-6-16/h2-13,28H,14-15H2,1H3. The van der Waals surface area contributed by atoms with Crippen LogP contribution >= 0.6 is 0 Å². The van der Waals surface area contributed by atoms with Gasteiger partial charge in [0.25, 0.3) is 0 Å². The van der Waals surface area contributed by atoms with Crippen molar-refractivity contribution >= 4 is 17.1 Å². The Morgan fingerprint density at radius 1 is 0.969 bits per heavy atom. The highest BCUT2D eigenvalue weighted by Crippen LogP contribution is 2.46. The average molecular weight is 428 g/mol. The van der Waals surface area contributed by atoms with Crippen LogP contribution < -0.4 is 18.9 Å². The van der Waals surface area contributed by atoms with E-state index in [9.17, 15) is 9.90 Å². The van der Waals surface area contributed by atoms with E-state index in [1.54, 1.807) is 12.1 Å². The highest BCUT2D eigenvalue weighted by Gasteiger charge is 2.22. The molecule has 1 heterocycles. The molecule has 6 nitrogen and oxygen atoms in total. The molecule has 0 atom stereocenters. The van der Waals surface area contributed by atoms with Gasteiger partial charge >= 0.3 is 0 Å². The van der Waals surface area contributed by atoms with Gasteiger partial charge in [0.1, 0.15) is 12.4 Å². The number of hydrogen-bond acceptors (Lipinski definition) is 6. The first-order valence-electron chi connectivity index (χ1n) is 10.1. The van der Waals surface area contributed by atoms with Gasteiger partial charge in [0.15, 0.2) is 29.3 Å². The number of aromatic hydroxyl groups is 1. The van der Waals surface area contributed by atoms with Crippen LogP contribution in [0, 0.1) is 0 Å². The number of methoxy groups -OCH3 is 1. The third kappa shape index (κ3) is 3.36. The van der Waals surface area contributed by atoms with Crippen LogP contribution in [0.25, 0.3) is 21.9 Å². The molecule has 4 aromatic carbocycles. The van der Waals surface area contributed by atoms with Crippen LogP contribution in [0.3, 0.4) is 0 Å².